The fourth-order valence-electron chi connectivity index (χ4n) is 2.97. The summed E-state index contributed by atoms with van der Waals surface area (Å²) in [6, 6.07) is 17.1. The van der Waals surface area contributed by atoms with Gasteiger partial charge in [-0.15, -0.1) is 0 Å². The number of hydrogen-bond acceptors (Lipinski definition) is 0. The van der Waals surface area contributed by atoms with Crippen LogP contribution in [0.25, 0.3) is 0 Å². The summed E-state index contributed by atoms with van der Waals surface area (Å²) in [6.45, 7) is 8.11. The van der Waals surface area contributed by atoms with E-state index in [1.807, 2.05) is 57.9 Å². The van der Waals surface area contributed by atoms with E-state index in [-0.39, 0.29) is 5.82 Å². The summed E-state index contributed by atoms with van der Waals surface area (Å²) in [6.07, 6.45) is 0. The number of benzene rings is 3. The largest absolute Gasteiger partial charge is 0.206 e. The van der Waals surface area contributed by atoms with E-state index in [1.165, 1.54) is 17.1 Å². The minimum Gasteiger partial charge on any atom is -0.206 e. The Morgan fingerprint density at radius 2 is 1.32 bits per heavy atom. The van der Waals surface area contributed by atoms with E-state index in [0.29, 0.717) is 11.1 Å². The zero-order valence-electron chi connectivity index (χ0n) is 16.7. The highest BCUT2D eigenvalue weighted by molar-refractivity contribution is 6.52. The summed E-state index contributed by atoms with van der Waals surface area (Å²) in [5.41, 5.74) is 7.44. The van der Waals surface area contributed by atoms with Gasteiger partial charge in [0.25, 0.3) is 0 Å². The van der Waals surface area contributed by atoms with Crippen LogP contribution in [0.1, 0.15) is 38.9 Å². The van der Waals surface area contributed by atoms with E-state index in [9.17, 15) is 4.39 Å². The van der Waals surface area contributed by atoms with Crippen LogP contribution in [0, 0.1) is 50.3 Å². The molecule has 0 bridgehead atoms. The first kappa shape index (κ1) is 19.5. The molecule has 0 N–H and O–H groups in total. The molecule has 3 rings (SSSR count). The van der Waals surface area contributed by atoms with Crippen LogP contribution in [0.4, 0.5) is 4.39 Å². The number of hydrogen-bond donors (Lipinski definition) is 0. The Labute approximate surface area is 168 Å². The summed E-state index contributed by atoms with van der Waals surface area (Å²) < 4.78 is 14.5. The number of halogens is 1. The van der Waals surface area contributed by atoms with Gasteiger partial charge in [0, 0.05) is 16.7 Å². The van der Waals surface area contributed by atoms with E-state index in [0.717, 1.165) is 22.3 Å². The average molecular weight is 363 g/mol. The first-order valence-corrected chi connectivity index (χ1v) is 9.27. The van der Waals surface area contributed by atoms with Crippen molar-refractivity contribution in [1.29, 1.82) is 0 Å². The van der Waals surface area contributed by atoms with Crippen LogP contribution in [0.2, 0.25) is 6.82 Å². The average Bonchev–Trinajstić information content (AvgIpc) is 2.68. The van der Waals surface area contributed by atoms with Crippen molar-refractivity contribution >= 4 is 12.7 Å². The predicted molar refractivity (Wildman–Crippen MR) is 117 cm³/mol. The standard InChI is InChI=1S/C26H21BF/c1-18-5-7-21(8-6-18)9-10-22-11-12-23(26(28)17-22)13-14-25-19(2)15-24(27-4)16-20(25)3/h5-8,11-12,15-17H,1-4H3. The van der Waals surface area contributed by atoms with E-state index in [2.05, 4.69) is 43.1 Å². The molecule has 3 aromatic rings. The molecule has 1 radical (unpaired) electrons. The maximum Gasteiger partial charge on any atom is 0.148 e. The Kier molecular flexibility index (Phi) is 6.03. The van der Waals surface area contributed by atoms with Gasteiger partial charge in [0.1, 0.15) is 13.1 Å². The third kappa shape index (κ3) is 4.73. The van der Waals surface area contributed by atoms with Crippen molar-refractivity contribution in [3.63, 3.8) is 0 Å². The van der Waals surface area contributed by atoms with Gasteiger partial charge in [0.05, 0.1) is 5.56 Å². The Bertz CT molecular complexity index is 1110. The second-order valence-corrected chi connectivity index (χ2v) is 6.88. The maximum absolute atomic E-state index is 14.5. The molecule has 0 unspecified atom stereocenters. The second-order valence-electron chi connectivity index (χ2n) is 6.88. The molecular weight excluding hydrogens is 342 g/mol. The highest BCUT2D eigenvalue weighted by Crippen LogP contribution is 2.13. The maximum atomic E-state index is 14.5. The molecule has 0 heterocycles. The van der Waals surface area contributed by atoms with Crippen molar-refractivity contribution in [2.24, 2.45) is 0 Å². The third-order valence-corrected chi connectivity index (χ3v) is 4.58. The van der Waals surface area contributed by atoms with Crippen molar-refractivity contribution in [2.75, 3.05) is 0 Å². The smallest absolute Gasteiger partial charge is 0.148 e. The minimum absolute atomic E-state index is 0.350. The lowest BCUT2D eigenvalue weighted by Gasteiger charge is -2.06. The third-order valence-electron chi connectivity index (χ3n) is 4.58. The summed E-state index contributed by atoms with van der Waals surface area (Å²) in [5, 5.41) is 0. The molecular formula is C26H21BF. The van der Waals surface area contributed by atoms with Gasteiger partial charge in [-0.2, -0.15) is 0 Å². The zero-order valence-corrected chi connectivity index (χ0v) is 16.7. The molecule has 0 aliphatic rings. The van der Waals surface area contributed by atoms with Crippen LogP contribution in [-0.4, -0.2) is 7.28 Å². The molecule has 0 spiro atoms. The Hall–Kier alpha value is -3.23. The molecule has 3 aromatic carbocycles. The minimum atomic E-state index is -0.350. The molecule has 0 amide bonds. The molecule has 0 saturated carbocycles. The molecule has 0 atom stereocenters. The SMILES string of the molecule is C[B]c1cc(C)c(C#Cc2ccc(C#Cc3ccc(C)cc3)cc2F)c(C)c1. The number of rotatable bonds is 1. The Morgan fingerprint density at radius 1 is 0.714 bits per heavy atom. The van der Waals surface area contributed by atoms with Crippen LogP contribution in [0.3, 0.4) is 0 Å². The normalized spacial score (nSPS) is 9.75. The quantitative estimate of drug-likeness (QED) is 0.425. The van der Waals surface area contributed by atoms with Gasteiger partial charge in [-0.1, -0.05) is 65.8 Å². The van der Waals surface area contributed by atoms with Crippen molar-refractivity contribution in [2.45, 2.75) is 27.6 Å². The highest BCUT2D eigenvalue weighted by atomic mass is 19.1. The molecule has 135 valence electrons. The molecule has 0 aliphatic carbocycles. The predicted octanol–water partition coefficient (Wildman–Crippen LogP) is 4.93. The van der Waals surface area contributed by atoms with Gasteiger partial charge < -0.3 is 0 Å². The van der Waals surface area contributed by atoms with Crippen LogP contribution >= 0.6 is 0 Å². The molecule has 0 aromatic heterocycles. The van der Waals surface area contributed by atoms with Gasteiger partial charge in [-0.3, -0.25) is 0 Å². The number of aryl methyl sites for hydroxylation is 3. The van der Waals surface area contributed by atoms with Gasteiger partial charge >= 0.3 is 0 Å². The lowest BCUT2D eigenvalue weighted by molar-refractivity contribution is 0.624. The summed E-state index contributed by atoms with van der Waals surface area (Å²) >= 11 is 0. The van der Waals surface area contributed by atoms with Gasteiger partial charge in [-0.25, -0.2) is 4.39 Å². The summed E-state index contributed by atoms with van der Waals surface area (Å²) in [7, 11) is 2.06. The van der Waals surface area contributed by atoms with Crippen LogP contribution < -0.4 is 5.46 Å². The fourth-order valence-corrected chi connectivity index (χ4v) is 2.97. The highest BCUT2D eigenvalue weighted by Gasteiger charge is 2.04. The van der Waals surface area contributed by atoms with Crippen molar-refractivity contribution < 1.29 is 4.39 Å². The summed E-state index contributed by atoms with van der Waals surface area (Å²) in [4.78, 5) is 0. The van der Waals surface area contributed by atoms with E-state index >= 15 is 0 Å². The molecule has 0 fully saturated rings. The van der Waals surface area contributed by atoms with Gasteiger partial charge in [-0.05, 0) is 62.2 Å². The van der Waals surface area contributed by atoms with Gasteiger partial charge in [0.15, 0.2) is 0 Å². The lowest BCUT2D eigenvalue weighted by atomic mass is 9.72. The monoisotopic (exact) mass is 363 g/mol. The van der Waals surface area contributed by atoms with Crippen LogP contribution in [0.5, 0.6) is 0 Å². The van der Waals surface area contributed by atoms with Crippen LogP contribution in [-0.2, 0) is 0 Å². The zero-order chi connectivity index (χ0) is 20.1. The van der Waals surface area contributed by atoms with E-state index in [1.54, 1.807) is 6.07 Å². The Balaban J connectivity index is 1.85. The topological polar surface area (TPSA) is 0 Å². The first-order valence-electron chi connectivity index (χ1n) is 9.27. The molecule has 28 heavy (non-hydrogen) atoms. The van der Waals surface area contributed by atoms with E-state index < -0.39 is 0 Å². The van der Waals surface area contributed by atoms with Crippen molar-refractivity contribution in [3.8, 4) is 23.7 Å². The second kappa shape index (κ2) is 8.64. The van der Waals surface area contributed by atoms with Crippen molar-refractivity contribution in [3.05, 3.63) is 99.4 Å². The first-order chi connectivity index (χ1) is 13.5. The molecule has 2 heteroatoms. The molecule has 0 nitrogen and oxygen atoms in total. The molecule has 0 saturated heterocycles. The van der Waals surface area contributed by atoms with Gasteiger partial charge in [0.2, 0.25) is 0 Å². The summed E-state index contributed by atoms with van der Waals surface area (Å²) in [5.74, 6) is 11.8. The van der Waals surface area contributed by atoms with Crippen LogP contribution in [0.15, 0.2) is 54.6 Å². The Morgan fingerprint density at radius 3 is 1.93 bits per heavy atom. The fraction of sp³-hybridized carbons (Fsp3) is 0.154. The lowest BCUT2D eigenvalue weighted by Crippen LogP contribution is -2.12. The van der Waals surface area contributed by atoms with Crippen molar-refractivity contribution in [1.82, 2.24) is 0 Å². The molecule has 0 aliphatic heterocycles. The van der Waals surface area contributed by atoms with E-state index in [4.69, 9.17) is 0 Å².